The Hall–Kier alpha value is 0.560. The average molecular weight is 316 g/mol. The number of hydrogen-bond donors (Lipinski definition) is 0. The fourth-order valence-electron chi connectivity index (χ4n) is 2.98. The van der Waals surface area contributed by atoms with E-state index < -0.39 is 0 Å². The van der Waals surface area contributed by atoms with E-state index in [4.69, 9.17) is 0 Å². The second-order valence-electron chi connectivity index (χ2n) is 6.33. The van der Waals surface area contributed by atoms with Crippen LogP contribution in [0, 0.1) is 0 Å². The summed E-state index contributed by atoms with van der Waals surface area (Å²) in [6.45, 7) is 19.2. The summed E-state index contributed by atoms with van der Waals surface area (Å²) in [5.74, 6) is 0. The maximum absolute atomic E-state index is 2.46. The monoisotopic (exact) mass is 316 g/mol. The second kappa shape index (κ2) is 7.53. The van der Waals surface area contributed by atoms with Crippen LogP contribution in [-0.2, 0) is 0 Å². The van der Waals surface area contributed by atoms with Gasteiger partial charge in [0.2, 0.25) is 0 Å². The van der Waals surface area contributed by atoms with E-state index in [-0.39, 0.29) is 15.8 Å². The lowest BCUT2D eigenvalue weighted by atomic mass is 10.5. The van der Waals surface area contributed by atoms with Gasteiger partial charge < -0.3 is 0 Å². The third-order valence-corrected chi connectivity index (χ3v) is 11.0. The summed E-state index contributed by atoms with van der Waals surface area (Å²) < 4.78 is 0. The third kappa shape index (κ3) is 4.26. The van der Waals surface area contributed by atoms with Gasteiger partial charge in [0.1, 0.15) is 0 Å². The zero-order valence-electron chi connectivity index (χ0n) is 13.8. The molecular weight excluding hydrogens is 286 g/mol. The lowest BCUT2D eigenvalue weighted by Gasteiger charge is -2.32. The van der Waals surface area contributed by atoms with Crippen molar-refractivity contribution in [2.75, 3.05) is 0 Å². The van der Waals surface area contributed by atoms with Gasteiger partial charge in [-0.2, -0.15) is 11.3 Å². The Morgan fingerprint density at radius 2 is 0.895 bits per heavy atom. The first kappa shape index (κ1) is 17.6. The van der Waals surface area contributed by atoms with Crippen molar-refractivity contribution < 1.29 is 0 Å². The van der Waals surface area contributed by atoms with Crippen molar-refractivity contribution in [1.82, 2.24) is 0 Å². The molecule has 0 N–H and O–H groups in total. The highest BCUT2D eigenvalue weighted by Crippen LogP contribution is 2.51. The predicted octanol–water partition coefficient (Wildman–Crippen LogP) is 5.60. The Bertz CT molecular complexity index is 329. The number of hydrogen-bond acceptors (Lipinski definition) is 1. The minimum absolute atomic E-state index is 0.0129. The van der Waals surface area contributed by atoms with E-state index >= 15 is 0 Å². The predicted molar refractivity (Wildman–Crippen MR) is 98.0 cm³/mol. The van der Waals surface area contributed by atoms with Crippen LogP contribution in [-0.4, -0.2) is 22.6 Å². The quantitative estimate of drug-likeness (QED) is 0.600. The molecule has 0 saturated heterocycles. The first-order valence-corrected chi connectivity index (χ1v) is 11.3. The van der Waals surface area contributed by atoms with Crippen molar-refractivity contribution in [3.05, 3.63) is 10.8 Å². The maximum Gasteiger partial charge on any atom is -0.000946 e. The molecule has 0 saturated carbocycles. The fraction of sp³-hybridized carbons (Fsp3) is 0.750. The van der Waals surface area contributed by atoms with Crippen molar-refractivity contribution >= 4 is 37.8 Å². The van der Waals surface area contributed by atoms with E-state index in [2.05, 4.69) is 66.2 Å². The molecule has 19 heavy (non-hydrogen) atoms. The zero-order valence-corrected chi connectivity index (χ0v) is 16.4. The van der Waals surface area contributed by atoms with Crippen molar-refractivity contribution in [3.8, 4) is 0 Å². The van der Waals surface area contributed by atoms with Crippen LogP contribution >= 0.6 is 27.2 Å². The Balaban J connectivity index is 3.21. The van der Waals surface area contributed by atoms with Crippen molar-refractivity contribution in [2.24, 2.45) is 0 Å². The van der Waals surface area contributed by atoms with Crippen LogP contribution in [0.4, 0.5) is 0 Å². The van der Waals surface area contributed by atoms with Crippen LogP contribution < -0.4 is 10.6 Å². The molecule has 1 aromatic rings. The largest absolute Gasteiger partial charge is 0.151 e. The van der Waals surface area contributed by atoms with Gasteiger partial charge in [-0.1, -0.05) is 71.2 Å². The van der Waals surface area contributed by atoms with Gasteiger partial charge in [0.05, 0.1) is 0 Å². The molecule has 0 fully saturated rings. The van der Waals surface area contributed by atoms with E-state index in [1.54, 1.807) is 10.6 Å². The normalized spacial score (nSPS) is 12.9. The van der Waals surface area contributed by atoms with Gasteiger partial charge in [-0.05, 0) is 44.0 Å². The zero-order chi connectivity index (χ0) is 14.7. The standard InChI is InChI=1S/C16H30P2S/c1-11(2)17(12(3)4)15-9-19-10-16(15)18(13(5)6)14(7)8/h9-14H,1-8H3. The molecule has 1 heterocycles. The van der Waals surface area contributed by atoms with Gasteiger partial charge >= 0.3 is 0 Å². The van der Waals surface area contributed by atoms with Gasteiger partial charge in [0, 0.05) is 0 Å². The SMILES string of the molecule is CC(C)P(c1cscc1P(C(C)C)C(C)C)C(C)C. The van der Waals surface area contributed by atoms with Gasteiger partial charge in [0.25, 0.3) is 0 Å². The molecule has 3 heteroatoms. The lowest BCUT2D eigenvalue weighted by molar-refractivity contribution is 1.02. The smallest absolute Gasteiger partial charge is 0.000946 e. The van der Waals surface area contributed by atoms with E-state index in [0.29, 0.717) is 0 Å². The molecule has 0 atom stereocenters. The first-order valence-electron chi connectivity index (χ1n) is 7.40. The fourth-order valence-corrected chi connectivity index (χ4v) is 11.0. The molecular formula is C16H30P2S. The summed E-state index contributed by atoms with van der Waals surface area (Å²) in [5.41, 5.74) is 3.16. The second-order valence-corrected chi connectivity index (χ2v) is 13.8. The summed E-state index contributed by atoms with van der Waals surface area (Å²) >= 11 is 1.92. The first-order chi connectivity index (χ1) is 8.77. The summed E-state index contributed by atoms with van der Waals surface area (Å²) in [6.07, 6.45) is 0. The molecule has 0 radical (unpaired) electrons. The summed E-state index contributed by atoms with van der Waals surface area (Å²) in [5, 5.41) is 8.36. The summed E-state index contributed by atoms with van der Waals surface area (Å²) in [4.78, 5) is 0. The van der Waals surface area contributed by atoms with Crippen LogP contribution in [0.15, 0.2) is 10.8 Å². The molecule has 0 unspecified atom stereocenters. The Labute approximate surface area is 126 Å². The van der Waals surface area contributed by atoms with Crippen molar-refractivity contribution in [3.63, 3.8) is 0 Å². The molecule has 0 nitrogen and oxygen atoms in total. The Morgan fingerprint density at radius 1 is 0.632 bits per heavy atom. The minimum Gasteiger partial charge on any atom is -0.151 e. The van der Waals surface area contributed by atoms with Crippen LogP contribution in [0.25, 0.3) is 0 Å². The third-order valence-electron chi connectivity index (χ3n) is 3.40. The number of thiophene rings is 1. The van der Waals surface area contributed by atoms with E-state index in [1.165, 1.54) is 0 Å². The van der Waals surface area contributed by atoms with Gasteiger partial charge in [-0.25, -0.2) is 0 Å². The number of rotatable bonds is 6. The summed E-state index contributed by atoms with van der Waals surface area (Å²) in [6, 6.07) is 0. The molecule has 0 amide bonds. The topological polar surface area (TPSA) is 0 Å². The van der Waals surface area contributed by atoms with Crippen LogP contribution in [0.3, 0.4) is 0 Å². The molecule has 0 bridgehead atoms. The lowest BCUT2D eigenvalue weighted by Crippen LogP contribution is -2.28. The van der Waals surface area contributed by atoms with Gasteiger partial charge in [-0.3, -0.25) is 0 Å². The molecule has 110 valence electrons. The van der Waals surface area contributed by atoms with E-state index in [9.17, 15) is 0 Å². The average Bonchev–Trinajstić information content (AvgIpc) is 2.64. The summed E-state index contributed by atoms with van der Waals surface area (Å²) in [7, 11) is -0.0258. The Morgan fingerprint density at radius 3 is 1.11 bits per heavy atom. The van der Waals surface area contributed by atoms with E-state index in [1.807, 2.05) is 11.3 Å². The molecule has 0 aliphatic rings. The molecule has 0 aliphatic carbocycles. The molecule has 1 aromatic heterocycles. The van der Waals surface area contributed by atoms with Gasteiger partial charge in [-0.15, -0.1) is 0 Å². The highest BCUT2D eigenvalue weighted by atomic mass is 32.1. The highest BCUT2D eigenvalue weighted by molar-refractivity contribution is 7.73. The minimum atomic E-state index is -0.0129. The molecule has 1 rings (SSSR count). The van der Waals surface area contributed by atoms with Crippen molar-refractivity contribution in [2.45, 2.75) is 78.0 Å². The van der Waals surface area contributed by atoms with Crippen LogP contribution in [0.2, 0.25) is 0 Å². The van der Waals surface area contributed by atoms with Crippen LogP contribution in [0.1, 0.15) is 55.4 Å². The maximum atomic E-state index is 2.46. The van der Waals surface area contributed by atoms with Crippen molar-refractivity contribution in [1.29, 1.82) is 0 Å². The van der Waals surface area contributed by atoms with Crippen LogP contribution in [0.5, 0.6) is 0 Å². The highest BCUT2D eigenvalue weighted by Gasteiger charge is 2.28. The molecule has 0 aromatic carbocycles. The molecule has 0 aliphatic heterocycles. The van der Waals surface area contributed by atoms with E-state index in [0.717, 1.165) is 22.6 Å². The molecule has 0 spiro atoms. The van der Waals surface area contributed by atoms with Gasteiger partial charge in [0.15, 0.2) is 0 Å². The Kier molecular flexibility index (Phi) is 6.98.